The average molecular weight is 592 g/mol. The van der Waals surface area contributed by atoms with Crippen LogP contribution in [0.25, 0.3) is 15.9 Å². The number of halogens is 2. The van der Waals surface area contributed by atoms with E-state index in [-0.39, 0.29) is 11.2 Å². The fraction of sp³-hybridized carbons (Fsp3) is 0.250. The lowest BCUT2D eigenvalue weighted by molar-refractivity contribution is -0.0379. The van der Waals surface area contributed by atoms with E-state index in [0.29, 0.717) is 18.2 Å². The predicted molar refractivity (Wildman–Crippen MR) is 139 cm³/mol. The Balaban J connectivity index is 1.66. The van der Waals surface area contributed by atoms with Gasteiger partial charge < -0.3 is 4.74 Å². The van der Waals surface area contributed by atoms with Crippen molar-refractivity contribution in [2.24, 2.45) is 0 Å². The van der Waals surface area contributed by atoms with Crippen LogP contribution in [-0.2, 0) is 23.5 Å². The largest absolute Gasteiger partial charge is 0.370 e. The molecule has 0 fully saturated rings. The molecular weight excluding hydrogens is 572 g/mol. The number of benzene rings is 2. The van der Waals surface area contributed by atoms with E-state index < -0.39 is 0 Å². The molecule has 0 radical (unpaired) electrons. The maximum atomic E-state index is 13.9. The van der Waals surface area contributed by atoms with Gasteiger partial charge in [0.15, 0.2) is 5.16 Å². The Morgan fingerprint density at radius 1 is 1.09 bits per heavy atom. The second-order valence-electron chi connectivity index (χ2n) is 8.34. The normalized spacial score (nSPS) is 15.1. The molecular formula is C24H20Br2N2O2S2. The molecule has 0 bridgehead atoms. The molecule has 0 spiro atoms. The van der Waals surface area contributed by atoms with Crippen LogP contribution in [0.1, 0.15) is 29.9 Å². The smallest absolute Gasteiger partial charge is 0.267 e. The molecule has 0 N–H and O–H groups in total. The minimum atomic E-state index is -0.287. The van der Waals surface area contributed by atoms with Crippen LogP contribution in [-0.4, -0.2) is 15.2 Å². The van der Waals surface area contributed by atoms with E-state index >= 15 is 0 Å². The van der Waals surface area contributed by atoms with E-state index in [4.69, 9.17) is 9.72 Å². The van der Waals surface area contributed by atoms with E-state index in [2.05, 4.69) is 57.8 Å². The second kappa shape index (κ2) is 8.72. The highest BCUT2D eigenvalue weighted by atomic mass is 79.9. The van der Waals surface area contributed by atoms with Crippen LogP contribution in [0.15, 0.2) is 67.4 Å². The van der Waals surface area contributed by atoms with Crippen LogP contribution in [0.5, 0.6) is 0 Å². The molecule has 0 amide bonds. The van der Waals surface area contributed by atoms with Gasteiger partial charge in [-0.2, -0.15) is 0 Å². The molecule has 0 saturated carbocycles. The van der Waals surface area contributed by atoms with Gasteiger partial charge in [-0.25, -0.2) is 4.98 Å². The van der Waals surface area contributed by atoms with Crippen LogP contribution in [0.2, 0.25) is 0 Å². The summed E-state index contributed by atoms with van der Waals surface area (Å²) in [7, 11) is 0. The first-order valence-electron chi connectivity index (χ1n) is 10.2. The first-order valence-corrected chi connectivity index (χ1v) is 13.5. The second-order valence-corrected chi connectivity index (χ2v) is 12.2. The Kier molecular flexibility index (Phi) is 6.09. The molecule has 4 nitrogen and oxygen atoms in total. The lowest BCUT2D eigenvalue weighted by Gasteiger charge is -2.29. The first kappa shape index (κ1) is 22.3. The minimum Gasteiger partial charge on any atom is -0.370 e. The van der Waals surface area contributed by atoms with Crippen molar-refractivity contribution in [3.05, 3.63) is 83.8 Å². The van der Waals surface area contributed by atoms with Gasteiger partial charge in [0.25, 0.3) is 5.56 Å². The van der Waals surface area contributed by atoms with Crippen LogP contribution >= 0.6 is 55.0 Å². The molecule has 2 aromatic carbocycles. The van der Waals surface area contributed by atoms with Crippen molar-refractivity contribution in [1.29, 1.82) is 0 Å². The Labute approximate surface area is 211 Å². The molecule has 164 valence electrons. The number of aromatic nitrogens is 2. The summed E-state index contributed by atoms with van der Waals surface area (Å²) in [5, 5.41) is 1.43. The van der Waals surface area contributed by atoms with E-state index in [0.717, 1.165) is 41.0 Å². The van der Waals surface area contributed by atoms with Gasteiger partial charge in [-0.1, -0.05) is 55.8 Å². The zero-order chi connectivity index (χ0) is 22.5. The average Bonchev–Trinajstić information content (AvgIpc) is 3.11. The van der Waals surface area contributed by atoms with Gasteiger partial charge in [-0.3, -0.25) is 9.36 Å². The third-order valence-corrected chi connectivity index (χ3v) is 8.61. The van der Waals surface area contributed by atoms with Crippen molar-refractivity contribution in [1.82, 2.24) is 9.55 Å². The Morgan fingerprint density at radius 3 is 2.44 bits per heavy atom. The highest BCUT2D eigenvalue weighted by Gasteiger charge is 2.31. The first-order chi connectivity index (χ1) is 15.3. The Morgan fingerprint density at radius 2 is 1.75 bits per heavy atom. The van der Waals surface area contributed by atoms with Crippen LogP contribution in [0.3, 0.4) is 0 Å². The molecule has 5 rings (SSSR count). The maximum absolute atomic E-state index is 13.9. The molecule has 3 heterocycles. The lowest BCUT2D eigenvalue weighted by atomic mass is 9.94. The van der Waals surface area contributed by atoms with Crippen molar-refractivity contribution in [2.75, 3.05) is 0 Å². The number of nitrogens with zero attached hydrogens (tertiary/aromatic N) is 2. The summed E-state index contributed by atoms with van der Waals surface area (Å²) >= 11 is 10.1. The number of ether oxygens (including phenoxy) is 1. The molecule has 1 aliphatic rings. The maximum Gasteiger partial charge on any atom is 0.267 e. The number of thioether (sulfide) groups is 1. The molecule has 0 aliphatic carbocycles. The van der Waals surface area contributed by atoms with E-state index in [1.807, 2.05) is 36.4 Å². The summed E-state index contributed by atoms with van der Waals surface area (Å²) in [4.78, 5) is 20.8. The van der Waals surface area contributed by atoms with Crippen molar-refractivity contribution in [3.8, 4) is 5.69 Å². The number of fused-ring (bicyclic) bond motifs is 3. The van der Waals surface area contributed by atoms with E-state index in [1.165, 1.54) is 5.56 Å². The molecule has 8 heteroatoms. The third-order valence-electron chi connectivity index (χ3n) is 5.44. The molecule has 0 saturated heterocycles. The quantitative estimate of drug-likeness (QED) is 0.187. The van der Waals surface area contributed by atoms with Crippen LogP contribution in [0.4, 0.5) is 0 Å². The summed E-state index contributed by atoms with van der Waals surface area (Å²) in [5.41, 5.74) is 2.79. The van der Waals surface area contributed by atoms with E-state index in [9.17, 15) is 4.79 Å². The van der Waals surface area contributed by atoms with Crippen LogP contribution in [0, 0.1) is 0 Å². The highest BCUT2D eigenvalue weighted by molar-refractivity contribution is 9.10. The van der Waals surface area contributed by atoms with Gasteiger partial charge in [0, 0.05) is 26.0 Å². The summed E-state index contributed by atoms with van der Waals surface area (Å²) in [6.07, 6.45) is 0.713. The molecule has 4 aromatic rings. The number of hydrogen-bond acceptors (Lipinski definition) is 5. The number of rotatable bonds is 4. The zero-order valence-electron chi connectivity index (χ0n) is 17.5. The number of hydrogen-bond donors (Lipinski definition) is 0. The summed E-state index contributed by atoms with van der Waals surface area (Å²) in [6.45, 7) is 4.67. The van der Waals surface area contributed by atoms with Gasteiger partial charge in [0.2, 0.25) is 0 Å². The monoisotopic (exact) mass is 590 g/mol. The minimum absolute atomic E-state index is 0.00849. The van der Waals surface area contributed by atoms with Crippen LogP contribution < -0.4 is 5.56 Å². The Hall–Kier alpha value is -1.45. The highest BCUT2D eigenvalue weighted by Crippen LogP contribution is 2.38. The van der Waals surface area contributed by atoms with Gasteiger partial charge >= 0.3 is 0 Å². The predicted octanol–water partition coefficient (Wildman–Crippen LogP) is 7.12. The van der Waals surface area contributed by atoms with Gasteiger partial charge in [-0.05, 0) is 61.4 Å². The lowest BCUT2D eigenvalue weighted by Crippen LogP contribution is -2.32. The summed E-state index contributed by atoms with van der Waals surface area (Å²) < 4.78 is 9.77. The van der Waals surface area contributed by atoms with Crippen molar-refractivity contribution >= 4 is 65.2 Å². The molecule has 0 unspecified atom stereocenters. The third kappa shape index (κ3) is 4.35. The number of thiophene rings is 1. The summed E-state index contributed by atoms with van der Waals surface area (Å²) in [6, 6.07) is 16.0. The Bertz CT molecular complexity index is 1360. The molecule has 0 atom stereocenters. The van der Waals surface area contributed by atoms with Gasteiger partial charge in [-0.15, -0.1) is 11.3 Å². The van der Waals surface area contributed by atoms with E-state index in [1.54, 1.807) is 27.7 Å². The van der Waals surface area contributed by atoms with Crippen molar-refractivity contribution in [2.45, 2.75) is 43.4 Å². The molecule has 1 aliphatic heterocycles. The standard InChI is InChI=1S/C24H20Br2N2O2S2/c1-24(2)11-18-19(12-30-24)32-21-20(18)22(29)28(17-9-7-16(26)8-10-17)23(27-21)31-13-14-3-5-15(25)6-4-14/h3-10H,11-13H2,1-2H3. The summed E-state index contributed by atoms with van der Waals surface area (Å²) in [5.74, 6) is 0.725. The van der Waals surface area contributed by atoms with Gasteiger partial charge in [0.05, 0.1) is 23.3 Å². The molecule has 32 heavy (non-hydrogen) atoms. The van der Waals surface area contributed by atoms with Crippen molar-refractivity contribution < 1.29 is 4.74 Å². The topological polar surface area (TPSA) is 44.1 Å². The molecule has 2 aromatic heterocycles. The van der Waals surface area contributed by atoms with Crippen molar-refractivity contribution in [3.63, 3.8) is 0 Å². The van der Waals surface area contributed by atoms with Gasteiger partial charge in [0.1, 0.15) is 4.83 Å². The zero-order valence-corrected chi connectivity index (χ0v) is 22.3. The SMILES string of the molecule is CC1(C)Cc2c(sc3nc(SCc4ccc(Br)cc4)n(-c4ccc(Br)cc4)c(=O)c23)CO1. The fourth-order valence-electron chi connectivity index (χ4n) is 3.82. The fourth-order valence-corrected chi connectivity index (χ4v) is 6.46.